The number of hydrogen-bond donors (Lipinski definition) is 1. The lowest BCUT2D eigenvalue weighted by molar-refractivity contribution is -0.121. The highest BCUT2D eigenvalue weighted by molar-refractivity contribution is 5.78. The third-order valence-corrected chi connectivity index (χ3v) is 5.93. The molecule has 152 valence electrons. The van der Waals surface area contributed by atoms with Gasteiger partial charge in [-0.2, -0.15) is 5.26 Å². The largest absolute Gasteiger partial charge is 0.367 e. The number of carbonyl (C=O) groups is 1. The van der Waals surface area contributed by atoms with Gasteiger partial charge >= 0.3 is 0 Å². The van der Waals surface area contributed by atoms with Crippen LogP contribution >= 0.6 is 0 Å². The van der Waals surface area contributed by atoms with Crippen molar-refractivity contribution in [2.45, 2.75) is 44.6 Å². The molecule has 1 N–H and O–H groups in total. The predicted molar refractivity (Wildman–Crippen MR) is 104 cm³/mol. The zero-order valence-corrected chi connectivity index (χ0v) is 16.2. The number of piperazine rings is 1. The van der Waals surface area contributed by atoms with Crippen molar-refractivity contribution in [3.63, 3.8) is 0 Å². The second kappa shape index (κ2) is 9.83. The zero-order valence-electron chi connectivity index (χ0n) is 16.2. The van der Waals surface area contributed by atoms with Gasteiger partial charge in [0.05, 0.1) is 11.8 Å². The summed E-state index contributed by atoms with van der Waals surface area (Å²) in [5.41, 5.74) is 0.484. The Labute approximate surface area is 165 Å². The van der Waals surface area contributed by atoms with E-state index < -0.39 is 11.6 Å². The smallest absolute Gasteiger partial charge is 0.234 e. The molecule has 0 bridgehead atoms. The Morgan fingerprint density at radius 3 is 2.50 bits per heavy atom. The molecule has 0 spiro atoms. The van der Waals surface area contributed by atoms with Crippen molar-refractivity contribution in [3.8, 4) is 6.07 Å². The average Bonchev–Trinajstić information content (AvgIpc) is 2.68. The molecule has 1 saturated heterocycles. The van der Waals surface area contributed by atoms with E-state index in [0.29, 0.717) is 11.6 Å². The normalized spacial score (nSPS) is 23.2. The van der Waals surface area contributed by atoms with Crippen LogP contribution in [0.25, 0.3) is 0 Å². The number of nitriles is 1. The minimum Gasteiger partial charge on any atom is -0.367 e. The molecule has 1 aliphatic carbocycles. The predicted octanol–water partition coefficient (Wildman–Crippen LogP) is 3.07. The van der Waals surface area contributed by atoms with E-state index in [1.54, 1.807) is 0 Å². The van der Waals surface area contributed by atoms with Crippen molar-refractivity contribution in [1.29, 1.82) is 5.26 Å². The van der Waals surface area contributed by atoms with Crippen LogP contribution in [0.5, 0.6) is 0 Å². The van der Waals surface area contributed by atoms with Crippen LogP contribution in [0.15, 0.2) is 18.2 Å². The van der Waals surface area contributed by atoms with Crippen LogP contribution in [-0.2, 0) is 4.79 Å². The van der Waals surface area contributed by atoms with E-state index in [4.69, 9.17) is 5.26 Å². The maximum Gasteiger partial charge on any atom is 0.234 e. The summed E-state index contributed by atoms with van der Waals surface area (Å²) in [5, 5.41) is 11.5. The fraction of sp³-hybridized carbons (Fsp3) is 0.619. The molecule has 0 unspecified atom stereocenters. The van der Waals surface area contributed by atoms with Crippen LogP contribution in [0.2, 0.25) is 0 Å². The maximum absolute atomic E-state index is 13.9. The lowest BCUT2D eigenvalue weighted by atomic mass is 9.84. The lowest BCUT2D eigenvalue weighted by Gasteiger charge is -2.37. The van der Waals surface area contributed by atoms with Crippen molar-refractivity contribution >= 4 is 11.6 Å². The summed E-state index contributed by atoms with van der Waals surface area (Å²) in [5.74, 6) is -0.524. The van der Waals surface area contributed by atoms with Gasteiger partial charge in [0.2, 0.25) is 5.91 Å². The summed E-state index contributed by atoms with van der Waals surface area (Å²) < 4.78 is 27.0. The Kier molecular flexibility index (Phi) is 7.21. The zero-order chi connectivity index (χ0) is 19.9. The molecule has 1 aromatic carbocycles. The Balaban J connectivity index is 1.35. The van der Waals surface area contributed by atoms with Gasteiger partial charge in [0.1, 0.15) is 18.1 Å². The highest BCUT2D eigenvalue weighted by atomic mass is 19.1. The third-order valence-electron chi connectivity index (χ3n) is 5.93. The van der Waals surface area contributed by atoms with E-state index in [0.717, 1.165) is 70.9 Å². The first-order chi connectivity index (χ1) is 13.5. The minimum atomic E-state index is -0.542. The van der Waals surface area contributed by atoms with Crippen molar-refractivity contribution < 1.29 is 13.6 Å². The topological polar surface area (TPSA) is 59.4 Å². The number of carbonyl (C=O) groups excluding carboxylic acids is 1. The average molecular weight is 390 g/mol. The lowest BCUT2D eigenvalue weighted by Crippen LogP contribution is -2.47. The Morgan fingerprint density at radius 1 is 1.14 bits per heavy atom. The molecule has 0 radical (unpaired) electrons. The first-order valence-corrected chi connectivity index (χ1v) is 10.1. The molecule has 28 heavy (non-hydrogen) atoms. The summed E-state index contributed by atoms with van der Waals surface area (Å²) in [6.07, 6.45) is 5.27. The first-order valence-electron chi connectivity index (χ1n) is 10.1. The van der Waals surface area contributed by atoms with Crippen LogP contribution in [0.4, 0.5) is 14.5 Å². The van der Waals surface area contributed by atoms with Gasteiger partial charge in [-0.05, 0) is 56.7 Å². The van der Waals surface area contributed by atoms with E-state index in [2.05, 4.69) is 10.2 Å². The number of benzene rings is 1. The van der Waals surface area contributed by atoms with Crippen LogP contribution in [0.1, 0.15) is 38.5 Å². The molecular weight excluding hydrogens is 362 g/mol. The van der Waals surface area contributed by atoms with Crippen LogP contribution in [-0.4, -0.2) is 49.6 Å². The monoisotopic (exact) mass is 390 g/mol. The van der Waals surface area contributed by atoms with Crippen LogP contribution < -0.4 is 10.2 Å². The minimum absolute atomic E-state index is 0.0618. The molecule has 2 aliphatic rings. The highest BCUT2D eigenvalue weighted by Crippen LogP contribution is 2.28. The van der Waals surface area contributed by atoms with Gasteiger partial charge in [0, 0.05) is 38.3 Å². The van der Waals surface area contributed by atoms with Gasteiger partial charge < -0.3 is 10.2 Å². The molecule has 1 aliphatic heterocycles. The Morgan fingerprint density at radius 2 is 1.86 bits per heavy atom. The number of rotatable bonds is 6. The molecule has 5 nitrogen and oxygen atoms in total. The van der Waals surface area contributed by atoms with Crippen molar-refractivity contribution in [2.75, 3.05) is 37.6 Å². The van der Waals surface area contributed by atoms with Gasteiger partial charge in [0.25, 0.3) is 0 Å². The number of halogens is 2. The van der Waals surface area contributed by atoms with Gasteiger partial charge in [-0.3, -0.25) is 9.69 Å². The SMILES string of the molecule is N#CCC(=O)N[C@H]1CC[C@H](CCN2CCN(c3ccc(F)cc3F)CC2)CC1. The molecule has 0 aromatic heterocycles. The van der Waals surface area contributed by atoms with E-state index in [9.17, 15) is 13.6 Å². The quantitative estimate of drug-likeness (QED) is 0.811. The van der Waals surface area contributed by atoms with E-state index in [1.165, 1.54) is 12.1 Å². The molecule has 3 rings (SSSR count). The molecule has 1 aromatic rings. The van der Waals surface area contributed by atoms with Gasteiger partial charge in [-0.15, -0.1) is 0 Å². The second-order valence-corrected chi connectivity index (χ2v) is 7.83. The number of amides is 1. The van der Waals surface area contributed by atoms with E-state index >= 15 is 0 Å². The number of nitrogens with zero attached hydrogens (tertiary/aromatic N) is 3. The van der Waals surface area contributed by atoms with Crippen molar-refractivity contribution in [3.05, 3.63) is 29.8 Å². The van der Waals surface area contributed by atoms with Gasteiger partial charge in [-0.25, -0.2) is 8.78 Å². The number of nitrogens with one attached hydrogen (secondary N) is 1. The molecule has 1 saturated carbocycles. The van der Waals surface area contributed by atoms with Gasteiger partial charge in [-0.1, -0.05) is 0 Å². The van der Waals surface area contributed by atoms with E-state index in [1.807, 2.05) is 11.0 Å². The van der Waals surface area contributed by atoms with Crippen molar-refractivity contribution in [2.24, 2.45) is 5.92 Å². The summed E-state index contributed by atoms with van der Waals surface area (Å²) in [4.78, 5) is 15.9. The maximum atomic E-state index is 13.9. The summed E-state index contributed by atoms with van der Waals surface area (Å²) in [6.45, 7) is 4.31. The molecular formula is C21H28F2N4O. The summed E-state index contributed by atoms with van der Waals surface area (Å²) in [7, 11) is 0. The first kappa shape index (κ1) is 20.5. The van der Waals surface area contributed by atoms with Crippen molar-refractivity contribution in [1.82, 2.24) is 10.2 Å². The molecule has 1 heterocycles. The number of anilines is 1. The summed E-state index contributed by atoms with van der Waals surface area (Å²) >= 11 is 0. The third kappa shape index (κ3) is 5.65. The molecule has 0 atom stereocenters. The summed E-state index contributed by atoms with van der Waals surface area (Å²) in [6, 6.07) is 5.87. The van der Waals surface area contributed by atoms with Crippen LogP contribution in [0.3, 0.4) is 0 Å². The van der Waals surface area contributed by atoms with Gasteiger partial charge in [0.15, 0.2) is 0 Å². The fourth-order valence-electron chi connectivity index (χ4n) is 4.26. The molecule has 2 fully saturated rings. The molecule has 7 heteroatoms. The number of hydrogen-bond acceptors (Lipinski definition) is 4. The fourth-order valence-corrected chi connectivity index (χ4v) is 4.26. The Bertz CT molecular complexity index is 705. The molecule has 1 amide bonds. The second-order valence-electron chi connectivity index (χ2n) is 7.83. The highest BCUT2D eigenvalue weighted by Gasteiger charge is 2.24. The Hall–Kier alpha value is -2.20. The standard InChI is InChI=1S/C21H28F2N4O/c22-17-3-6-20(19(23)15-17)27-13-11-26(12-14-27)10-8-16-1-4-18(5-2-16)25-21(28)7-9-24/h3,6,15-16,18H,1-2,4-5,7-8,10-14H2,(H,25,28)/t16-,18-. The van der Waals surface area contributed by atoms with Crippen LogP contribution in [0, 0.1) is 28.9 Å². The van der Waals surface area contributed by atoms with E-state index in [-0.39, 0.29) is 18.4 Å².